The van der Waals surface area contributed by atoms with E-state index >= 15 is 0 Å². The minimum absolute atomic E-state index is 0.0863. The molecule has 0 saturated carbocycles. The molecule has 0 heterocycles. The monoisotopic (exact) mass is 208 g/mol. The Morgan fingerprint density at radius 1 is 1.13 bits per heavy atom. The zero-order chi connectivity index (χ0) is 12.0. The molecule has 1 nitrogen and oxygen atoms in total. The summed E-state index contributed by atoms with van der Waals surface area (Å²) in [4.78, 5) is 0. The molecule has 0 aromatic carbocycles. The van der Waals surface area contributed by atoms with Gasteiger partial charge in [0.25, 0.3) is 0 Å². The van der Waals surface area contributed by atoms with E-state index in [9.17, 15) is 0 Å². The highest BCUT2D eigenvalue weighted by Gasteiger charge is 2.16. The van der Waals surface area contributed by atoms with Crippen LogP contribution < -0.4 is 0 Å². The van der Waals surface area contributed by atoms with Crippen LogP contribution >= 0.6 is 0 Å². The molecule has 0 bridgehead atoms. The van der Waals surface area contributed by atoms with Gasteiger partial charge in [0.05, 0.1) is 0 Å². The van der Waals surface area contributed by atoms with Crippen LogP contribution in [0.3, 0.4) is 0 Å². The third-order valence-electron chi connectivity index (χ3n) is 2.50. The molecule has 0 saturated heterocycles. The zero-order valence-corrected chi connectivity index (χ0v) is 10.5. The van der Waals surface area contributed by atoms with Gasteiger partial charge in [0.1, 0.15) is 5.76 Å². The lowest BCUT2D eigenvalue weighted by Crippen LogP contribution is -2.13. The van der Waals surface area contributed by atoms with Crippen LogP contribution in [0.4, 0.5) is 0 Å². The number of hydrogen-bond acceptors (Lipinski definition) is 1. The van der Waals surface area contributed by atoms with E-state index in [0.29, 0.717) is 17.8 Å². The summed E-state index contributed by atoms with van der Waals surface area (Å²) in [6, 6.07) is 0. The van der Waals surface area contributed by atoms with Gasteiger partial charge in [0, 0.05) is 0 Å². The fourth-order valence-electron chi connectivity index (χ4n) is 1.69. The molecule has 0 amide bonds. The molecule has 1 N–H and O–H groups in total. The maximum Gasteiger partial charge on any atom is 0.108 e. The molecule has 0 aliphatic carbocycles. The molecule has 15 heavy (non-hydrogen) atoms. The molecular formula is C14H24O. The topological polar surface area (TPSA) is 20.2 Å². The molecular weight excluding hydrogens is 184 g/mol. The maximum atomic E-state index is 8.98. The van der Waals surface area contributed by atoms with Crippen LogP contribution in [-0.2, 0) is 0 Å². The summed E-state index contributed by atoms with van der Waals surface area (Å²) in [5.41, 5.74) is 1.08. The molecule has 86 valence electrons. The van der Waals surface area contributed by atoms with Gasteiger partial charge in [-0.15, -0.1) is 0 Å². The minimum atomic E-state index is 0.0863. The van der Waals surface area contributed by atoms with Crippen LogP contribution in [-0.4, -0.2) is 5.11 Å². The van der Waals surface area contributed by atoms with Crippen molar-refractivity contribution in [1.82, 2.24) is 0 Å². The molecule has 1 atom stereocenters. The highest BCUT2D eigenvalue weighted by molar-refractivity contribution is 5.23. The predicted octanol–water partition coefficient (Wildman–Crippen LogP) is 4.49. The highest BCUT2D eigenvalue weighted by atomic mass is 16.3. The van der Waals surface area contributed by atoms with Crippen molar-refractivity contribution >= 4 is 0 Å². The van der Waals surface area contributed by atoms with Gasteiger partial charge in [-0.2, -0.15) is 0 Å². The molecule has 0 radical (unpaired) electrons. The van der Waals surface area contributed by atoms with Crippen LogP contribution in [0.1, 0.15) is 34.1 Å². The minimum Gasteiger partial charge on any atom is -0.509 e. The van der Waals surface area contributed by atoms with Gasteiger partial charge in [-0.05, 0) is 30.3 Å². The Morgan fingerprint density at radius 2 is 1.67 bits per heavy atom. The summed E-state index contributed by atoms with van der Waals surface area (Å²) in [6.45, 7) is 16.3. The van der Waals surface area contributed by atoms with Crippen molar-refractivity contribution in [3.05, 3.63) is 36.6 Å². The van der Waals surface area contributed by atoms with E-state index in [0.717, 1.165) is 12.0 Å². The van der Waals surface area contributed by atoms with E-state index in [1.165, 1.54) is 0 Å². The van der Waals surface area contributed by atoms with Crippen molar-refractivity contribution < 1.29 is 5.11 Å². The molecule has 0 aromatic heterocycles. The summed E-state index contributed by atoms with van der Waals surface area (Å²) < 4.78 is 0. The lowest BCUT2D eigenvalue weighted by Gasteiger charge is -2.23. The average Bonchev–Trinajstić information content (AvgIpc) is 2.09. The van der Waals surface area contributed by atoms with Crippen LogP contribution in [0, 0.1) is 17.8 Å². The molecule has 0 aliphatic heterocycles. The van der Waals surface area contributed by atoms with Gasteiger partial charge in [0.2, 0.25) is 0 Å². The van der Waals surface area contributed by atoms with Gasteiger partial charge in [-0.1, -0.05) is 52.5 Å². The smallest absolute Gasteiger partial charge is 0.108 e. The van der Waals surface area contributed by atoms with Crippen molar-refractivity contribution in [1.29, 1.82) is 0 Å². The second-order valence-corrected chi connectivity index (χ2v) is 4.88. The van der Waals surface area contributed by atoms with E-state index in [1.54, 1.807) is 6.08 Å². The van der Waals surface area contributed by atoms with Gasteiger partial charge in [-0.25, -0.2) is 0 Å². The van der Waals surface area contributed by atoms with E-state index in [-0.39, 0.29) is 5.76 Å². The van der Waals surface area contributed by atoms with Crippen molar-refractivity contribution in [3.8, 4) is 0 Å². The number of hydrogen-bond donors (Lipinski definition) is 1. The van der Waals surface area contributed by atoms with Gasteiger partial charge in [0.15, 0.2) is 0 Å². The standard InChI is InChI=1S/C14H24O/c1-10(2)9-14(11(3)4)12(5)7-8-13(6)15/h7-8,10-11,14-15H,5-6,9H2,1-4H3/b8-7-. The Kier molecular flexibility index (Phi) is 6.07. The summed E-state index contributed by atoms with van der Waals surface area (Å²) in [5.74, 6) is 1.82. The summed E-state index contributed by atoms with van der Waals surface area (Å²) in [5, 5.41) is 8.98. The van der Waals surface area contributed by atoms with E-state index in [4.69, 9.17) is 5.11 Å². The first kappa shape index (κ1) is 14.0. The molecule has 0 aromatic rings. The Balaban J connectivity index is 4.49. The first-order valence-corrected chi connectivity index (χ1v) is 5.59. The Morgan fingerprint density at radius 3 is 2.00 bits per heavy atom. The van der Waals surface area contributed by atoms with Gasteiger partial charge < -0.3 is 5.11 Å². The van der Waals surface area contributed by atoms with Gasteiger partial charge >= 0.3 is 0 Å². The van der Waals surface area contributed by atoms with Crippen LogP contribution in [0.25, 0.3) is 0 Å². The predicted molar refractivity (Wildman–Crippen MR) is 67.8 cm³/mol. The highest BCUT2D eigenvalue weighted by Crippen LogP contribution is 2.27. The van der Waals surface area contributed by atoms with Crippen LogP contribution in [0.5, 0.6) is 0 Å². The van der Waals surface area contributed by atoms with Crippen molar-refractivity contribution in [2.75, 3.05) is 0 Å². The Labute approximate surface area is 94.2 Å². The lowest BCUT2D eigenvalue weighted by molar-refractivity contribution is 0.369. The second-order valence-electron chi connectivity index (χ2n) is 4.88. The third-order valence-corrected chi connectivity index (χ3v) is 2.50. The fourth-order valence-corrected chi connectivity index (χ4v) is 1.69. The SMILES string of the molecule is C=C(O)/C=C\C(=C)C(CC(C)C)C(C)C. The normalized spacial score (nSPS) is 13.7. The number of aliphatic hydroxyl groups is 1. The zero-order valence-electron chi connectivity index (χ0n) is 10.5. The molecule has 0 spiro atoms. The number of allylic oxidation sites excluding steroid dienone is 3. The Hall–Kier alpha value is -0.980. The van der Waals surface area contributed by atoms with E-state index in [1.807, 2.05) is 6.08 Å². The quantitative estimate of drug-likeness (QED) is 0.503. The summed E-state index contributed by atoms with van der Waals surface area (Å²) >= 11 is 0. The average molecular weight is 208 g/mol. The third kappa shape index (κ3) is 6.16. The fraction of sp³-hybridized carbons (Fsp3) is 0.571. The van der Waals surface area contributed by atoms with Crippen LogP contribution in [0.15, 0.2) is 36.6 Å². The van der Waals surface area contributed by atoms with Crippen LogP contribution in [0.2, 0.25) is 0 Å². The summed E-state index contributed by atoms with van der Waals surface area (Å²) in [6.07, 6.45) is 4.62. The second kappa shape index (κ2) is 6.49. The molecule has 0 rings (SSSR count). The van der Waals surface area contributed by atoms with Crippen molar-refractivity contribution in [2.45, 2.75) is 34.1 Å². The maximum absolute atomic E-state index is 8.98. The first-order chi connectivity index (χ1) is 6.84. The Bertz CT molecular complexity index is 246. The molecule has 1 heteroatoms. The molecule has 1 unspecified atom stereocenters. The van der Waals surface area contributed by atoms with E-state index < -0.39 is 0 Å². The first-order valence-electron chi connectivity index (χ1n) is 5.59. The number of aliphatic hydroxyl groups excluding tert-OH is 1. The van der Waals surface area contributed by atoms with Gasteiger partial charge in [-0.3, -0.25) is 0 Å². The summed E-state index contributed by atoms with van der Waals surface area (Å²) in [7, 11) is 0. The van der Waals surface area contributed by atoms with Crippen molar-refractivity contribution in [3.63, 3.8) is 0 Å². The number of rotatable bonds is 6. The molecule has 0 aliphatic rings. The largest absolute Gasteiger partial charge is 0.509 e. The molecule has 0 fully saturated rings. The van der Waals surface area contributed by atoms with Crippen molar-refractivity contribution in [2.24, 2.45) is 17.8 Å². The van der Waals surface area contributed by atoms with E-state index in [2.05, 4.69) is 40.9 Å². The lowest BCUT2D eigenvalue weighted by atomic mass is 9.82.